The van der Waals surface area contributed by atoms with E-state index in [1.807, 2.05) is 35.2 Å². The summed E-state index contributed by atoms with van der Waals surface area (Å²) in [5.41, 5.74) is 0.598. The average molecular weight is 382 g/mol. The van der Waals surface area contributed by atoms with Gasteiger partial charge in [0.25, 0.3) is 5.91 Å². The highest BCUT2D eigenvalue weighted by molar-refractivity contribution is 6.05. The van der Waals surface area contributed by atoms with E-state index in [0.717, 1.165) is 49.2 Å². The number of aromatic nitrogens is 1. The van der Waals surface area contributed by atoms with E-state index in [2.05, 4.69) is 10.3 Å². The lowest BCUT2D eigenvalue weighted by Gasteiger charge is -2.34. The minimum atomic E-state index is 0. The highest BCUT2D eigenvalue weighted by Crippen LogP contribution is 2.27. The van der Waals surface area contributed by atoms with Crippen LogP contribution in [0.15, 0.2) is 36.5 Å². The van der Waals surface area contributed by atoms with E-state index < -0.39 is 0 Å². The summed E-state index contributed by atoms with van der Waals surface area (Å²) >= 11 is 0. The Labute approximate surface area is 161 Å². The normalized spacial score (nSPS) is 20.8. The second-order valence-corrected chi connectivity index (χ2v) is 6.71. The van der Waals surface area contributed by atoms with Gasteiger partial charge >= 0.3 is 0 Å². The molecule has 3 heterocycles. The molecule has 2 aromatic rings. The number of carbonyl (C=O) groups is 1. The maximum Gasteiger partial charge on any atom is 0.273 e. The monoisotopic (exact) mass is 381 g/mol. The van der Waals surface area contributed by atoms with Gasteiger partial charge < -0.3 is 10.2 Å². The summed E-state index contributed by atoms with van der Waals surface area (Å²) in [6, 6.07) is 10.6. The number of nitrogens with zero attached hydrogens (tertiary/aromatic N) is 2. The van der Waals surface area contributed by atoms with Gasteiger partial charge in [-0.1, -0.05) is 24.3 Å². The van der Waals surface area contributed by atoms with Crippen molar-refractivity contribution in [3.63, 3.8) is 0 Å². The van der Waals surface area contributed by atoms with Crippen LogP contribution in [0.2, 0.25) is 0 Å². The summed E-state index contributed by atoms with van der Waals surface area (Å²) in [4.78, 5) is 19.3. The van der Waals surface area contributed by atoms with Crippen molar-refractivity contribution in [2.45, 2.75) is 31.7 Å². The molecule has 0 saturated carbocycles. The number of benzene rings is 1. The van der Waals surface area contributed by atoms with Crippen molar-refractivity contribution in [1.82, 2.24) is 15.2 Å². The molecule has 4 rings (SSSR count). The lowest BCUT2D eigenvalue weighted by molar-refractivity contribution is 0.0670. The fraction of sp³-hybridized carbons (Fsp3) is 0.474. The smallest absolute Gasteiger partial charge is 0.273 e. The van der Waals surface area contributed by atoms with Gasteiger partial charge in [0.1, 0.15) is 5.69 Å². The molecule has 0 radical (unpaired) electrons. The molecule has 2 aliphatic heterocycles. The lowest BCUT2D eigenvalue weighted by atomic mass is 9.88. The van der Waals surface area contributed by atoms with Crippen molar-refractivity contribution in [2.24, 2.45) is 5.92 Å². The van der Waals surface area contributed by atoms with E-state index in [4.69, 9.17) is 0 Å². The minimum absolute atomic E-state index is 0. The molecule has 1 aromatic carbocycles. The van der Waals surface area contributed by atoms with E-state index in [1.165, 1.54) is 12.8 Å². The number of piperidine rings is 1. The number of carbonyl (C=O) groups excluding carboxylic acids is 1. The van der Waals surface area contributed by atoms with E-state index in [0.29, 0.717) is 11.7 Å². The molecule has 1 unspecified atom stereocenters. The first-order valence-electron chi connectivity index (χ1n) is 8.69. The number of halogens is 2. The van der Waals surface area contributed by atoms with Gasteiger partial charge in [-0.2, -0.15) is 0 Å². The topological polar surface area (TPSA) is 45.2 Å². The molecule has 1 amide bonds. The molecule has 0 spiro atoms. The Hall–Kier alpha value is -1.36. The molecular formula is C19H25Cl2N3O. The standard InChI is InChI=1S/C19H23N3O.2ClH/c23-19(18-16-5-2-1-4-14(16)7-11-21-18)22-12-8-15(9-13-22)17-6-3-10-20-17;;/h1-2,4-5,7,11,15,17,20H,3,6,8-10,12-13H2;2*1H. The van der Waals surface area contributed by atoms with Gasteiger partial charge in [0.15, 0.2) is 0 Å². The molecule has 2 saturated heterocycles. The SMILES string of the molecule is Cl.Cl.O=C(c1nccc2ccccc12)N1CCC(C2CCCN2)CC1. The second kappa shape index (κ2) is 8.84. The Bertz CT molecular complexity index is 705. The summed E-state index contributed by atoms with van der Waals surface area (Å²) in [7, 11) is 0. The van der Waals surface area contributed by atoms with Crippen LogP contribution >= 0.6 is 24.8 Å². The van der Waals surface area contributed by atoms with Gasteiger partial charge in [-0.15, -0.1) is 24.8 Å². The van der Waals surface area contributed by atoms with E-state index in [9.17, 15) is 4.79 Å². The lowest BCUT2D eigenvalue weighted by Crippen LogP contribution is -2.43. The summed E-state index contributed by atoms with van der Waals surface area (Å²) in [5, 5.41) is 5.65. The number of amides is 1. The zero-order valence-corrected chi connectivity index (χ0v) is 15.8. The van der Waals surface area contributed by atoms with Gasteiger partial charge in [-0.25, -0.2) is 0 Å². The third kappa shape index (κ3) is 4.08. The van der Waals surface area contributed by atoms with Crippen molar-refractivity contribution < 1.29 is 4.79 Å². The molecule has 4 nitrogen and oxygen atoms in total. The van der Waals surface area contributed by atoms with Gasteiger partial charge in [0.05, 0.1) is 0 Å². The van der Waals surface area contributed by atoms with Gasteiger partial charge in [0.2, 0.25) is 0 Å². The van der Waals surface area contributed by atoms with Crippen LogP contribution in [0.5, 0.6) is 0 Å². The Morgan fingerprint density at radius 2 is 1.84 bits per heavy atom. The Kier molecular flexibility index (Phi) is 7.05. The minimum Gasteiger partial charge on any atom is -0.337 e. The van der Waals surface area contributed by atoms with E-state index >= 15 is 0 Å². The average Bonchev–Trinajstić information content (AvgIpc) is 3.15. The van der Waals surface area contributed by atoms with Crippen LogP contribution in [0.1, 0.15) is 36.2 Å². The number of hydrogen-bond acceptors (Lipinski definition) is 3. The molecule has 1 aromatic heterocycles. The zero-order valence-electron chi connectivity index (χ0n) is 14.2. The van der Waals surface area contributed by atoms with Crippen LogP contribution < -0.4 is 5.32 Å². The predicted molar refractivity (Wildman–Crippen MR) is 106 cm³/mol. The fourth-order valence-electron chi connectivity index (χ4n) is 4.06. The third-order valence-electron chi connectivity index (χ3n) is 5.37. The maximum absolute atomic E-state index is 12.9. The molecular weight excluding hydrogens is 357 g/mol. The van der Waals surface area contributed by atoms with Crippen molar-refractivity contribution >= 4 is 41.5 Å². The Morgan fingerprint density at radius 3 is 2.56 bits per heavy atom. The highest BCUT2D eigenvalue weighted by Gasteiger charge is 2.30. The molecule has 1 atom stereocenters. The van der Waals surface area contributed by atoms with Crippen LogP contribution in [0.25, 0.3) is 10.8 Å². The predicted octanol–water partition coefficient (Wildman–Crippen LogP) is 3.68. The summed E-state index contributed by atoms with van der Waals surface area (Å²) in [6.07, 6.45) is 6.54. The molecule has 0 bridgehead atoms. The maximum atomic E-state index is 12.9. The summed E-state index contributed by atoms with van der Waals surface area (Å²) in [6.45, 7) is 2.86. The highest BCUT2D eigenvalue weighted by atomic mass is 35.5. The van der Waals surface area contributed by atoms with Crippen molar-refractivity contribution in [3.8, 4) is 0 Å². The summed E-state index contributed by atoms with van der Waals surface area (Å²) < 4.78 is 0. The van der Waals surface area contributed by atoms with E-state index in [-0.39, 0.29) is 30.7 Å². The Balaban J connectivity index is 0.00000113. The molecule has 2 fully saturated rings. The van der Waals surface area contributed by atoms with Crippen LogP contribution in [-0.2, 0) is 0 Å². The molecule has 6 heteroatoms. The first-order valence-corrected chi connectivity index (χ1v) is 8.69. The van der Waals surface area contributed by atoms with Crippen LogP contribution in [0, 0.1) is 5.92 Å². The Morgan fingerprint density at radius 1 is 1.08 bits per heavy atom. The second-order valence-electron chi connectivity index (χ2n) is 6.71. The number of hydrogen-bond donors (Lipinski definition) is 1. The van der Waals surface area contributed by atoms with Crippen molar-refractivity contribution in [3.05, 3.63) is 42.2 Å². The zero-order chi connectivity index (χ0) is 15.6. The molecule has 136 valence electrons. The van der Waals surface area contributed by atoms with Crippen LogP contribution in [0.3, 0.4) is 0 Å². The van der Waals surface area contributed by atoms with Crippen molar-refractivity contribution in [1.29, 1.82) is 0 Å². The molecule has 25 heavy (non-hydrogen) atoms. The molecule has 0 aliphatic carbocycles. The van der Waals surface area contributed by atoms with Gasteiger partial charge in [-0.3, -0.25) is 9.78 Å². The van der Waals surface area contributed by atoms with Crippen molar-refractivity contribution in [2.75, 3.05) is 19.6 Å². The quantitative estimate of drug-likeness (QED) is 0.862. The third-order valence-corrected chi connectivity index (χ3v) is 5.37. The van der Waals surface area contributed by atoms with Crippen LogP contribution in [-0.4, -0.2) is 41.5 Å². The first-order chi connectivity index (χ1) is 11.3. The number of rotatable bonds is 2. The van der Waals surface area contributed by atoms with Gasteiger partial charge in [-0.05, 0) is 49.6 Å². The molecule has 1 N–H and O–H groups in total. The molecule has 2 aliphatic rings. The number of fused-ring (bicyclic) bond motifs is 1. The summed E-state index contributed by atoms with van der Waals surface area (Å²) in [5.74, 6) is 0.807. The largest absolute Gasteiger partial charge is 0.337 e. The number of nitrogens with one attached hydrogen (secondary N) is 1. The number of pyridine rings is 1. The van der Waals surface area contributed by atoms with Gasteiger partial charge in [0, 0.05) is 30.7 Å². The first kappa shape index (κ1) is 20.0. The van der Waals surface area contributed by atoms with Crippen LogP contribution in [0.4, 0.5) is 0 Å². The fourth-order valence-corrected chi connectivity index (χ4v) is 4.06. The number of likely N-dealkylation sites (tertiary alicyclic amines) is 1. The van der Waals surface area contributed by atoms with E-state index in [1.54, 1.807) is 6.20 Å².